The van der Waals surface area contributed by atoms with Gasteiger partial charge in [-0.05, 0) is 45.6 Å². The number of rotatable bonds is 3. The summed E-state index contributed by atoms with van der Waals surface area (Å²) in [6.45, 7) is 8.24. The third kappa shape index (κ3) is 2.43. The maximum absolute atomic E-state index is 9.29. The second-order valence-electron chi connectivity index (χ2n) is 6.38. The van der Waals surface area contributed by atoms with Gasteiger partial charge in [-0.3, -0.25) is 0 Å². The molecule has 1 N–H and O–H groups in total. The summed E-state index contributed by atoms with van der Waals surface area (Å²) < 4.78 is 2.42. The van der Waals surface area contributed by atoms with Crippen LogP contribution in [0.3, 0.4) is 0 Å². The lowest BCUT2D eigenvalue weighted by Crippen LogP contribution is -2.28. The van der Waals surface area contributed by atoms with Gasteiger partial charge in [0.25, 0.3) is 0 Å². The summed E-state index contributed by atoms with van der Waals surface area (Å²) in [4.78, 5) is 7.24. The highest BCUT2D eigenvalue weighted by Crippen LogP contribution is 2.31. The topological polar surface area (TPSA) is 41.3 Å². The molecule has 2 aliphatic rings. The number of nitrogens with zero attached hydrogens (tertiary/aromatic N) is 3. The Morgan fingerprint density at radius 2 is 2.21 bits per heavy atom. The molecule has 0 spiro atoms. The summed E-state index contributed by atoms with van der Waals surface area (Å²) in [7, 11) is 0. The van der Waals surface area contributed by atoms with Crippen LogP contribution in [-0.4, -0.2) is 45.3 Å². The fourth-order valence-corrected chi connectivity index (χ4v) is 3.51. The molecule has 3 heterocycles. The van der Waals surface area contributed by atoms with Gasteiger partial charge < -0.3 is 14.6 Å². The molecule has 0 saturated carbocycles. The fraction of sp³-hybridized carbons (Fsp3) is 0.800. The second kappa shape index (κ2) is 5.25. The smallest absolute Gasteiger partial charge is 0.113 e. The van der Waals surface area contributed by atoms with Gasteiger partial charge in [-0.2, -0.15) is 0 Å². The molecule has 4 nitrogen and oxygen atoms in total. The Morgan fingerprint density at radius 3 is 2.89 bits per heavy atom. The quantitative estimate of drug-likeness (QED) is 0.901. The third-order valence-corrected chi connectivity index (χ3v) is 4.80. The first-order valence-corrected chi connectivity index (χ1v) is 7.58. The average molecular weight is 263 g/mol. The van der Waals surface area contributed by atoms with Gasteiger partial charge in [0.1, 0.15) is 5.82 Å². The van der Waals surface area contributed by atoms with Crippen LogP contribution in [0.15, 0.2) is 6.20 Å². The van der Waals surface area contributed by atoms with E-state index in [4.69, 9.17) is 4.98 Å². The van der Waals surface area contributed by atoms with E-state index in [0.29, 0.717) is 24.5 Å². The van der Waals surface area contributed by atoms with E-state index < -0.39 is 0 Å². The predicted octanol–water partition coefficient (Wildman–Crippen LogP) is 1.64. The predicted molar refractivity (Wildman–Crippen MR) is 75.2 cm³/mol. The molecular formula is C15H25N3O. The minimum atomic E-state index is 0.311. The molecule has 0 aromatic carbocycles. The van der Waals surface area contributed by atoms with Crippen molar-refractivity contribution in [1.29, 1.82) is 0 Å². The molecule has 2 atom stereocenters. The molecule has 106 valence electrons. The van der Waals surface area contributed by atoms with Crippen molar-refractivity contribution in [3.63, 3.8) is 0 Å². The molecule has 1 fully saturated rings. The summed E-state index contributed by atoms with van der Waals surface area (Å²) in [5.41, 5.74) is 1.32. The monoisotopic (exact) mass is 263 g/mol. The summed E-state index contributed by atoms with van der Waals surface area (Å²) in [5, 5.41) is 9.29. The van der Waals surface area contributed by atoms with Crippen molar-refractivity contribution < 1.29 is 5.11 Å². The number of aliphatic hydroxyl groups excluding tert-OH is 1. The normalized spacial score (nSPS) is 28.0. The molecule has 1 saturated heterocycles. The van der Waals surface area contributed by atoms with Gasteiger partial charge in [-0.15, -0.1) is 0 Å². The van der Waals surface area contributed by atoms with E-state index in [0.717, 1.165) is 25.9 Å². The first kappa shape index (κ1) is 13.1. The molecule has 0 amide bonds. The van der Waals surface area contributed by atoms with Crippen LogP contribution < -0.4 is 0 Å². The van der Waals surface area contributed by atoms with Crippen LogP contribution >= 0.6 is 0 Å². The van der Waals surface area contributed by atoms with Crippen molar-refractivity contribution in [2.24, 2.45) is 5.92 Å². The largest absolute Gasteiger partial charge is 0.396 e. The molecule has 4 heteroatoms. The Morgan fingerprint density at radius 1 is 1.37 bits per heavy atom. The van der Waals surface area contributed by atoms with Crippen LogP contribution in [0.4, 0.5) is 0 Å². The Bertz CT molecular complexity index is 441. The highest BCUT2D eigenvalue weighted by atomic mass is 16.3. The highest BCUT2D eigenvalue weighted by molar-refractivity contribution is 5.14. The SMILES string of the molecule is CC(C)N1CCC(c2ncc3n2CCC(CO)C3)C1. The van der Waals surface area contributed by atoms with Crippen molar-refractivity contribution in [2.75, 3.05) is 19.7 Å². The number of hydrogen-bond donors (Lipinski definition) is 1. The number of aromatic nitrogens is 2. The molecule has 2 aliphatic heterocycles. The molecule has 1 aromatic heterocycles. The zero-order valence-corrected chi connectivity index (χ0v) is 12.0. The van der Waals surface area contributed by atoms with Gasteiger partial charge >= 0.3 is 0 Å². The highest BCUT2D eigenvalue weighted by Gasteiger charge is 2.30. The fourth-order valence-electron chi connectivity index (χ4n) is 3.51. The molecule has 0 aliphatic carbocycles. The standard InChI is InChI=1S/C15H25N3O/c1-11(2)17-5-4-13(9-17)15-16-8-14-7-12(10-19)3-6-18(14)15/h8,11-13,19H,3-7,9-10H2,1-2H3. The molecule has 1 aromatic rings. The molecule has 0 bridgehead atoms. The molecule has 3 rings (SSSR count). The molecule has 0 radical (unpaired) electrons. The Labute approximate surface area is 115 Å². The van der Waals surface area contributed by atoms with Crippen molar-refractivity contribution in [2.45, 2.75) is 51.6 Å². The lowest BCUT2D eigenvalue weighted by molar-refractivity contribution is 0.199. The minimum absolute atomic E-state index is 0.311. The Hall–Kier alpha value is -0.870. The lowest BCUT2D eigenvalue weighted by Gasteiger charge is -2.25. The summed E-state index contributed by atoms with van der Waals surface area (Å²) in [6, 6.07) is 0.638. The van der Waals surface area contributed by atoms with E-state index in [-0.39, 0.29) is 0 Å². The molecule has 19 heavy (non-hydrogen) atoms. The van der Waals surface area contributed by atoms with Gasteiger partial charge in [0.15, 0.2) is 0 Å². The second-order valence-corrected chi connectivity index (χ2v) is 6.38. The van der Waals surface area contributed by atoms with Crippen molar-refractivity contribution in [1.82, 2.24) is 14.5 Å². The average Bonchev–Trinajstić information content (AvgIpc) is 3.03. The number of hydrogen-bond acceptors (Lipinski definition) is 3. The van der Waals surface area contributed by atoms with Crippen LogP contribution in [-0.2, 0) is 13.0 Å². The van der Waals surface area contributed by atoms with Gasteiger partial charge in [0.05, 0.1) is 0 Å². The van der Waals surface area contributed by atoms with Crippen molar-refractivity contribution in [3.8, 4) is 0 Å². The maximum Gasteiger partial charge on any atom is 0.113 e. The van der Waals surface area contributed by atoms with E-state index in [2.05, 4.69) is 23.3 Å². The van der Waals surface area contributed by atoms with E-state index in [1.807, 2.05) is 6.20 Å². The lowest BCUT2D eigenvalue weighted by atomic mass is 9.97. The summed E-state index contributed by atoms with van der Waals surface area (Å²) in [6.07, 6.45) is 5.35. The van der Waals surface area contributed by atoms with Crippen LogP contribution in [0.5, 0.6) is 0 Å². The Kier molecular flexibility index (Phi) is 3.63. The number of imidazole rings is 1. The van der Waals surface area contributed by atoms with Crippen LogP contribution in [0.1, 0.15) is 44.1 Å². The third-order valence-electron chi connectivity index (χ3n) is 4.80. The van der Waals surface area contributed by atoms with Crippen LogP contribution in [0.2, 0.25) is 0 Å². The maximum atomic E-state index is 9.29. The van der Waals surface area contributed by atoms with Crippen molar-refractivity contribution >= 4 is 0 Å². The number of aliphatic hydroxyl groups is 1. The van der Waals surface area contributed by atoms with Crippen molar-refractivity contribution in [3.05, 3.63) is 17.7 Å². The number of likely N-dealkylation sites (tertiary alicyclic amines) is 1. The minimum Gasteiger partial charge on any atom is -0.396 e. The van der Waals surface area contributed by atoms with Gasteiger partial charge in [0, 0.05) is 43.5 Å². The number of fused-ring (bicyclic) bond motifs is 1. The first-order chi connectivity index (χ1) is 9.19. The van der Waals surface area contributed by atoms with E-state index in [1.165, 1.54) is 24.5 Å². The van der Waals surface area contributed by atoms with Crippen LogP contribution in [0, 0.1) is 5.92 Å². The van der Waals surface area contributed by atoms with E-state index in [9.17, 15) is 5.11 Å². The first-order valence-electron chi connectivity index (χ1n) is 7.58. The van der Waals surface area contributed by atoms with Crippen LogP contribution in [0.25, 0.3) is 0 Å². The summed E-state index contributed by atoms with van der Waals surface area (Å²) >= 11 is 0. The van der Waals surface area contributed by atoms with E-state index >= 15 is 0 Å². The van der Waals surface area contributed by atoms with Gasteiger partial charge in [-0.25, -0.2) is 4.98 Å². The summed E-state index contributed by atoms with van der Waals surface area (Å²) in [5.74, 6) is 2.32. The molecule has 2 unspecified atom stereocenters. The zero-order valence-electron chi connectivity index (χ0n) is 12.0. The molecular weight excluding hydrogens is 238 g/mol. The van der Waals surface area contributed by atoms with Gasteiger partial charge in [-0.1, -0.05) is 0 Å². The zero-order chi connectivity index (χ0) is 13.4. The van der Waals surface area contributed by atoms with Gasteiger partial charge in [0.2, 0.25) is 0 Å². The Balaban J connectivity index is 1.75. The van der Waals surface area contributed by atoms with E-state index in [1.54, 1.807) is 0 Å².